The van der Waals surface area contributed by atoms with Gasteiger partial charge in [0, 0.05) is 51.9 Å². The van der Waals surface area contributed by atoms with Gasteiger partial charge in [-0.25, -0.2) is 0 Å². The Hall–Kier alpha value is -4.26. The van der Waals surface area contributed by atoms with Crippen molar-refractivity contribution >= 4 is 34.7 Å². The largest absolute Gasteiger partial charge is 0.491 e. The summed E-state index contributed by atoms with van der Waals surface area (Å²) in [6, 6.07) is 27.0. The van der Waals surface area contributed by atoms with E-state index in [1.165, 1.54) is 71.9 Å². The van der Waals surface area contributed by atoms with Crippen LogP contribution in [0.15, 0.2) is 72.8 Å². The van der Waals surface area contributed by atoms with Crippen LogP contribution in [0, 0.1) is 11.8 Å². The van der Waals surface area contributed by atoms with Gasteiger partial charge in [0.25, 0.3) is 0 Å². The van der Waals surface area contributed by atoms with Gasteiger partial charge >= 0.3 is 0 Å². The molecule has 0 saturated heterocycles. The second-order valence-electron chi connectivity index (χ2n) is 18.8. The summed E-state index contributed by atoms with van der Waals surface area (Å²) in [4.78, 5) is 0. The Bertz CT molecular complexity index is 1950. The third kappa shape index (κ3) is 17.5. The summed E-state index contributed by atoms with van der Waals surface area (Å²) in [6.45, 7) is 16.1. The summed E-state index contributed by atoms with van der Waals surface area (Å²) in [7, 11) is 0. The average molecular weight is 979 g/mol. The number of fused-ring (bicyclic) bond motifs is 2. The van der Waals surface area contributed by atoms with Gasteiger partial charge in [-0.05, 0) is 118 Å². The maximum atomic E-state index is 6.86. The van der Waals surface area contributed by atoms with Gasteiger partial charge in [0.05, 0.1) is 39.6 Å². The first-order valence-corrected chi connectivity index (χ1v) is 27.1. The van der Waals surface area contributed by atoms with E-state index in [1.54, 1.807) is 0 Å². The Morgan fingerprint density at radius 3 is 1.09 bits per heavy atom. The van der Waals surface area contributed by atoms with Crippen LogP contribution in [0.3, 0.4) is 0 Å². The molecule has 4 aromatic rings. The van der Waals surface area contributed by atoms with Crippen LogP contribution in [0.2, 0.25) is 0 Å². The minimum absolute atomic E-state index is 0.432. The Labute approximate surface area is 425 Å². The van der Waals surface area contributed by atoms with Gasteiger partial charge < -0.3 is 45.0 Å². The quantitative estimate of drug-likeness (QED) is 0.0633. The van der Waals surface area contributed by atoms with Crippen molar-refractivity contribution in [2.75, 3.05) is 79.0 Å². The van der Waals surface area contributed by atoms with Crippen molar-refractivity contribution < 1.29 is 23.7 Å². The predicted octanol–water partition coefficient (Wildman–Crippen LogP) is 10.6. The van der Waals surface area contributed by atoms with Gasteiger partial charge in [-0.15, -0.1) is 0 Å². The molecule has 4 aromatic carbocycles. The van der Waals surface area contributed by atoms with Gasteiger partial charge in [-0.1, -0.05) is 139 Å². The highest BCUT2D eigenvalue weighted by atomic mass is 32.1. The molecule has 2 atom stereocenters. The number of hydrogen-bond acceptors (Lipinski definition) is 7. The fourth-order valence-electron chi connectivity index (χ4n) is 9.74. The monoisotopic (exact) mass is 979 g/mol. The molecular weight excluding hydrogens is 897 g/mol. The van der Waals surface area contributed by atoms with Gasteiger partial charge in [0.1, 0.15) is 24.7 Å². The number of unbranched alkanes of at least 4 members (excludes halogenated alkanes) is 2. The van der Waals surface area contributed by atoms with Gasteiger partial charge in [0.2, 0.25) is 0 Å². The molecule has 11 heteroatoms. The smallest absolute Gasteiger partial charge is 0.166 e. The Morgan fingerprint density at radius 2 is 0.768 bits per heavy atom. The molecule has 0 saturated carbocycles. The SMILES string of the molecule is CCCCC(CC)CNC(=S)NCCc1c2cccc1Cc1cccc3c1OCCOCCOCCOCCOc1c(cccc1Cc1cccc(c1CCNC(=S)NCC(CC)CCCC)C3)C2. The molecule has 6 rings (SSSR count). The molecule has 4 N–H and O–H groups in total. The van der Waals surface area contributed by atoms with Gasteiger partial charge in [-0.2, -0.15) is 0 Å². The molecule has 0 fully saturated rings. The van der Waals surface area contributed by atoms with Crippen molar-refractivity contribution in [3.05, 3.63) is 128 Å². The Kier molecular flexibility index (Phi) is 23.9. The van der Waals surface area contributed by atoms with Crippen molar-refractivity contribution in [2.24, 2.45) is 11.8 Å². The molecule has 1 heterocycles. The number of para-hydroxylation sites is 2. The normalized spacial score (nSPS) is 15.4. The molecule has 0 spiro atoms. The molecule has 10 bridgehead atoms. The number of ether oxygens (including phenoxy) is 5. The number of benzene rings is 4. The Morgan fingerprint density at radius 1 is 0.449 bits per heavy atom. The minimum Gasteiger partial charge on any atom is -0.491 e. The first-order valence-electron chi connectivity index (χ1n) is 26.3. The lowest BCUT2D eigenvalue weighted by molar-refractivity contribution is 0.00485. The molecular formula is C58H82N4O5S2. The van der Waals surface area contributed by atoms with Crippen LogP contribution in [0.5, 0.6) is 11.5 Å². The van der Waals surface area contributed by atoms with Crippen LogP contribution in [0.25, 0.3) is 0 Å². The van der Waals surface area contributed by atoms with E-state index in [0.717, 1.165) is 122 Å². The Balaban J connectivity index is 1.38. The molecule has 376 valence electrons. The van der Waals surface area contributed by atoms with E-state index in [2.05, 4.69) is 122 Å². The highest BCUT2D eigenvalue weighted by molar-refractivity contribution is 7.80. The second-order valence-corrected chi connectivity index (χ2v) is 19.6. The zero-order valence-corrected chi connectivity index (χ0v) is 44.0. The summed E-state index contributed by atoms with van der Waals surface area (Å²) in [6.07, 6.45) is 14.2. The van der Waals surface area contributed by atoms with Crippen LogP contribution in [-0.2, 0) is 52.7 Å². The number of thiocarbonyl (C=S) groups is 2. The van der Waals surface area contributed by atoms with Crippen LogP contribution in [0.1, 0.15) is 135 Å². The van der Waals surface area contributed by atoms with E-state index in [9.17, 15) is 0 Å². The summed E-state index contributed by atoms with van der Waals surface area (Å²) in [5, 5.41) is 15.7. The number of hydrogen-bond donors (Lipinski definition) is 4. The average Bonchev–Trinajstić information content (AvgIpc) is 3.35. The molecule has 0 amide bonds. The lowest BCUT2D eigenvalue weighted by atomic mass is 9.86. The number of nitrogens with one attached hydrogen (secondary N) is 4. The minimum atomic E-state index is 0.432. The molecule has 1 aliphatic carbocycles. The molecule has 69 heavy (non-hydrogen) atoms. The fraction of sp³-hybridized carbons (Fsp3) is 0.552. The summed E-state index contributed by atoms with van der Waals surface area (Å²) in [5.41, 5.74) is 12.4. The van der Waals surface area contributed by atoms with E-state index in [1.807, 2.05) is 0 Å². The van der Waals surface area contributed by atoms with Crippen molar-refractivity contribution in [2.45, 2.75) is 118 Å². The van der Waals surface area contributed by atoms with Crippen LogP contribution in [0.4, 0.5) is 0 Å². The predicted molar refractivity (Wildman–Crippen MR) is 292 cm³/mol. The van der Waals surface area contributed by atoms with E-state index < -0.39 is 0 Å². The van der Waals surface area contributed by atoms with Crippen molar-refractivity contribution in [3.63, 3.8) is 0 Å². The molecule has 2 unspecified atom stereocenters. The topological polar surface area (TPSA) is 94.3 Å². The maximum Gasteiger partial charge on any atom is 0.166 e. The summed E-state index contributed by atoms with van der Waals surface area (Å²) >= 11 is 11.7. The first-order chi connectivity index (χ1) is 33.9. The zero-order chi connectivity index (χ0) is 48.5. The zero-order valence-electron chi connectivity index (χ0n) is 42.3. The van der Waals surface area contributed by atoms with Crippen LogP contribution in [-0.4, -0.2) is 89.3 Å². The molecule has 2 aliphatic rings. The highest BCUT2D eigenvalue weighted by Crippen LogP contribution is 2.35. The van der Waals surface area contributed by atoms with Gasteiger partial charge in [0.15, 0.2) is 10.2 Å². The first kappa shape index (κ1) is 54.1. The van der Waals surface area contributed by atoms with Crippen molar-refractivity contribution in [1.29, 1.82) is 0 Å². The molecule has 0 aromatic heterocycles. The summed E-state index contributed by atoms with van der Waals surface area (Å²) in [5.74, 6) is 3.12. The molecule has 0 radical (unpaired) electrons. The van der Waals surface area contributed by atoms with E-state index in [4.69, 9.17) is 48.1 Å². The molecule has 1 aliphatic heterocycles. The van der Waals surface area contributed by atoms with Gasteiger partial charge in [-0.3, -0.25) is 0 Å². The second kappa shape index (κ2) is 30.5. The van der Waals surface area contributed by atoms with Crippen molar-refractivity contribution in [3.8, 4) is 11.5 Å². The number of rotatable bonds is 18. The van der Waals surface area contributed by atoms with E-state index in [0.29, 0.717) is 64.7 Å². The van der Waals surface area contributed by atoms with E-state index >= 15 is 0 Å². The van der Waals surface area contributed by atoms with E-state index in [-0.39, 0.29) is 0 Å². The summed E-state index contributed by atoms with van der Waals surface area (Å²) < 4.78 is 31.6. The third-order valence-corrected chi connectivity index (χ3v) is 14.4. The standard InChI is InChI=1S/C58H82N4O5S2/c1-5-9-15-43(7-3)41-61-57(68)59-27-25-53-45-17-11-18-46(53)38-50-22-14-24-52-40-48-20-12-19-47(54(48)26-28-60-58(69)62-42-44(8-4)16-10-6-2)39-51-23-13-21-49(37-45)55(51)66-35-33-64-31-29-63-30-32-65-34-36-67-56(50)52/h11-14,17-24,43-44H,5-10,15-16,25-42H2,1-4H3,(H2,59,61,68)(H2,60,62,69). The highest BCUT2D eigenvalue weighted by Gasteiger charge is 2.21. The lowest BCUT2D eigenvalue weighted by Gasteiger charge is -2.23. The van der Waals surface area contributed by atoms with Crippen LogP contribution >= 0.6 is 24.4 Å². The third-order valence-electron chi connectivity index (χ3n) is 13.8. The maximum absolute atomic E-state index is 6.86. The van der Waals surface area contributed by atoms with Crippen LogP contribution < -0.4 is 30.7 Å². The van der Waals surface area contributed by atoms with Crippen molar-refractivity contribution in [1.82, 2.24) is 21.3 Å². The molecule has 9 nitrogen and oxygen atoms in total. The fourth-order valence-corrected chi connectivity index (χ4v) is 10.1. The lowest BCUT2D eigenvalue weighted by Crippen LogP contribution is -2.39.